The molecule has 0 radical (unpaired) electrons. The number of carbonyl (C=O) groups excluding carboxylic acids is 2. The number of halogens is 4. The highest BCUT2D eigenvalue weighted by Gasteiger charge is 2.35. The molecule has 3 aromatic heterocycles. The number of fused-ring (bicyclic) bond motifs is 1. The summed E-state index contributed by atoms with van der Waals surface area (Å²) in [6, 6.07) is 6.45. The Labute approximate surface area is 217 Å². The predicted octanol–water partition coefficient (Wildman–Crippen LogP) is 4.67. The molecule has 1 aliphatic rings. The minimum absolute atomic E-state index is 0.112. The lowest BCUT2D eigenvalue weighted by atomic mass is 10.1. The molecule has 8 nitrogen and oxygen atoms in total. The zero-order valence-corrected chi connectivity index (χ0v) is 20.6. The van der Waals surface area contributed by atoms with Crippen molar-refractivity contribution in [3.63, 3.8) is 0 Å². The SMILES string of the molecule is CC(Nc1nc(C(=O)N2CC(NC(=O)c3cccc(C(F)(F)F)c3)C2)c2sccc2n1)c1cncc(F)c1. The van der Waals surface area contributed by atoms with Gasteiger partial charge in [0.1, 0.15) is 5.82 Å². The van der Waals surface area contributed by atoms with Crippen LogP contribution in [-0.4, -0.2) is 50.8 Å². The molecular weight excluding hydrogens is 524 g/mol. The van der Waals surface area contributed by atoms with Crippen molar-refractivity contribution in [1.82, 2.24) is 25.2 Å². The maximum absolute atomic E-state index is 13.6. The van der Waals surface area contributed by atoms with Crippen molar-refractivity contribution in [1.29, 1.82) is 0 Å². The van der Waals surface area contributed by atoms with E-state index in [2.05, 4.69) is 25.6 Å². The highest BCUT2D eigenvalue weighted by Crippen LogP contribution is 2.30. The molecule has 2 amide bonds. The topological polar surface area (TPSA) is 100 Å². The summed E-state index contributed by atoms with van der Waals surface area (Å²) in [5.41, 5.74) is 0.301. The van der Waals surface area contributed by atoms with E-state index in [1.807, 2.05) is 0 Å². The second-order valence-electron chi connectivity index (χ2n) is 8.79. The number of amides is 2. The smallest absolute Gasteiger partial charge is 0.348 e. The molecule has 1 unspecified atom stereocenters. The molecule has 38 heavy (non-hydrogen) atoms. The van der Waals surface area contributed by atoms with Gasteiger partial charge in [-0.15, -0.1) is 11.3 Å². The molecule has 1 aromatic carbocycles. The van der Waals surface area contributed by atoms with E-state index in [1.54, 1.807) is 18.4 Å². The van der Waals surface area contributed by atoms with E-state index < -0.39 is 35.5 Å². The Morgan fingerprint density at radius 2 is 1.92 bits per heavy atom. The number of hydrogen-bond donors (Lipinski definition) is 2. The third kappa shape index (κ3) is 5.28. The number of carbonyl (C=O) groups is 2. The lowest BCUT2D eigenvalue weighted by Gasteiger charge is -2.39. The number of benzene rings is 1. The van der Waals surface area contributed by atoms with Crippen molar-refractivity contribution in [2.24, 2.45) is 0 Å². The zero-order valence-electron chi connectivity index (χ0n) is 19.8. The molecule has 4 aromatic rings. The first-order valence-electron chi connectivity index (χ1n) is 11.5. The van der Waals surface area contributed by atoms with Gasteiger partial charge in [0, 0.05) is 24.8 Å². The van der Waals surface area contributed by atoms with Gasteiger partial charge in [-0.3, -0.25) is 14.6 Å². The Balaban J connectivity index is 1.26. The van der Waals surface area contributed by atoms with Gasteiger partial charge in [0.05, 0.1) is 34.1 Å². The molecule has 4 heterocycles. The number of thiophene rings is 1. The summed E-state index contributed by atoms with van der Waals surface area (Å²) >= 11 is 1.31. The van der Waals surface area contributed by atoms with Crippen LogP contribution in [-0.2, 0) is 6.18 Å². The highest BCUT2D eigenvalue weighted by molar-refractivity contribution is 7.17. The summed E-state index contributed by atoms with van der Waals surface area (Å²) in [6.45, 7) is 2.13. The summed E-state index contributed by atoms with van der Waals surface area (Å²) in [7, 11) is 0. The van der Waals surface area contributed by atoms with Crippen LogP contribution in [0.5, 0.6) is 0 Å². The summed E-state index contributed by atoms with van der Waals surface area (Å²) in [5, 5.41) is 7.52. The molecule has 2 N–H and O–H groups in total. The van der Waals surface area contributed by atoms with E-state index in [4.69, 9.17) is 0 Å². The Morgan fingerprint density at radius 1 is 1.13 bits per heavy atom. The van der Waals surface area contributed by atoms with E-state index >= 15 is 0 Å². The van der Waals surface area contributed by atoms with Gasteiger partial charge in [-0.1, -0.05) is 6.07 Å². The monoisotopic (exact) mass is 544 g/mol. The van der Waals surface area contributed by atoms with Gasteiger partial charge in [-0.05, 0) is 48.2 Å². The number of likely N-dealkylation sites (tertiary alicyclic amines) is 1. The average molecular weight is 545 g/mol. The number of hydrogen-bond acceptors (Lipinski definition) is 7. The van der Waals surface area contributed by atoms with Gasteiger partial charge in [0.2, 0.25) is 5.95 Å². The summed E-state index contributed by atoms with van der Waals surface area (Å²) in [5.74, 6) is -1.31. The van der Waals surface area contributed by atoms with E-state index in [9.17, 15) is 27.2 Å². The summed E-state index contributed by atoms with van der Waals surface area (Å²) in [4.78, 5) is 39.9. The van der Waals surface area contributed by atoms with Gasteiger partial charge in [0.15, 0.2) is 5.69 Å². The average Bonchev–Trinajstić information content (AvgIpc) is 3.33. The van der Waals surface area contributed by atoms with Crippen LogP contribution >= 0.6 is 11.3 Å². The maximum Gasteiger partial charge on any atom is 0.416 e. The molecule has 5 rings (SSSR count). The van der Waals surface area contributed by atoms with Crippen LogP contribution < -0.4 is 10.6 Å². The van der Waals surface area contributed by atoms with Crippen LogP contribution in [0.4, 0.5) is 23.5 Å². The van der Waals surface area contributed by atoms with Crippen LogP contribution in [0.2, 0.25) is 0 Å². The lowest BCUT2D eigenvalue weighted by Crippen LogP contribution is -2.61. The van der Waals surface area contributed by atoms with Crippen molar-refractivity contribution in [2.45, 2.75) is 25.2 Å². The van der Waals surface area contributed by atoms with E-state index in [-0.39, 0.29) is 36.2 Å². The fraction of sp³-hybridized carbons (Fsp3) is 0.240. The second kappa shape index (κ2) is 9.97. The number of pyridine rings is 1. The van der Waals surface area contributed by atoms with Crippen molar-refractivity contribution in [3.05, 3.63) is 82.4 Å². The predicted molar refractivity (Wildman–Crippen MR) is 132 cm³/mol. The number of nitrogens with zero attached hydrogens (tertiary/aromatic N) is 4. The Kier molecular flexibility index (Phi) is 6.69. The Bertz CT molecular complexity index is 1520. The lowest BCUT2D eigenvalue weighted by molar-refractivity contribution is -0.137. The standard InChI is InChI=1S/C25H20F4N6O2S/c1-13(15-8-17(26)10-30-9-15)31-24-33-19-5-6-38-21(19)20(34-24)23(37)35-11-18(12-35)32-22(36)14-3-2-4-16(7-14)25(27,28)29/h2-10,13,18H,11-12H2,1H3,(H,32,36)(H,31,33,34). The Hall–Kier alpha value is -4.13. The largest absolute Gasteiger partial charge is 0.416 e. The fourth-order valence-corrected chi connectivity index (χ4v) is 4.82. The third-order valence-corrected chi connectivity index (χ3v) is 6.94. The van der Waals surface area contributed by atoms with E-state index in [0.717, 1.165) is 18.3 Å². The molecule has 13 heteroatoms. The molecule has 0 saturated carbocycles. The van der Waals surface area contributed by atoms with E-state index in [0.29, 0.717) is 15.8 Å². The van der Waals surface area contributed by atoms with Gasteiger partial charge in [-0.2, -0.15) is 13.2 Å². The molecule has 1 aliphatic heterocycles. The van der Waals surface area contributed by atoms with Crippen molar-refractivity contribution < 1.29 is 27.2 Å². The van der Waals surface area contributed by atoms with Crippen LogP contribution in [0.1, 0.15) is 44.9 Å². The minimum atomic E-state index is -4.56. The zero-order chi connectivity index (χ0) is 27.0. The van der Waals surface area contributed by atoms with Crippen LogP contribution in [0.25, 0.3) is 10.2 Å². The first-order chi connectivity index (χ1) is 18.1. The first kappa shape index (κ1) is 25.5. The highest BCUT2D eigenvalue weighted by atomic mass is 32.1. The van der Waals surface area contributed by atoms with Crippen molar-refractivity contribution in [2.75, 3.05) is 18.4 Å². The van der Waals surface area contributed by atoms with Crippen molar-refractivity contribution in [3.8, 4) is 0 Å². The van der Waals surface area contributed by atoms with Gasteiger partial charge < -0.3 is 15.5 Å². The van der Waals surface area contributed by atoms with Crippen LogP contribution in [0, 0.1) is 5.82 Å². The summed E-state index contributed by atoms with van der Waals surface area (Å²) in [6.07, 6.45) is -1.94. The van der Waals surface area contributed by atoms with Gasteiger partial charge >= 0.3 is 6.18 Å². The molecule has 196 valence electrons. The molecule has 0 bridgehead atoms. The molecule has 0 spiro atoms. The molecule has 0 aliphatic carbocycles. The molecule has 1 atom stereocenters. The first-order valence-corrected chi connectivity index (χ1v) is 12.4. The number of alkyl halides is 3. The van der Waals surface area contributed by atoms with Gasteiger partial charge in [-0.25, -0.2) is 14.4 Å². The van der Waals surface area contributed by atoms with Crippen molar-refractivity contribution >= 4 is 39.3 Å². The number of aromatic nitrogens is 3. The molecule has 1 saturated heterocycles. The molecular formula is C25H20F4N6O2S. The fourth-order valence-electron chi connectivity index (χ4n) is 4.01. The number of nitrogens with one attached hydrogen (secondary N) is 2. The summed E-state index contributed by atoms with van der Waals surface area (Å²) < 4.78 is 53.0. The van der Waals surface area contributed by atoms with Crippen LogP contribution in [0.3, 0.4) is 0 Å². The van der Waals surface area contributed by atoms with Crippen LogP contribution in [0.15, 0.2) is 54.2 Å². The number of anilines is 1. The van der Waals surface area contributed by atoms with E-state index in [1.165, 1.54) is 40.6 Å². The molecule has 1 fully saturated rings. The quantitative estimate of drug-likeness (QED) is 0.342. The third-order valence-electron chi connectivity index (χ3n) is 6.03. The second-order valence-corrected chi connectivity index (χ2v) is 9.71. The number of rotatable bonds is 6. The Morgan fingerprint density at radius 3 is 2.66 bits per heavy atom. The van der Waals surface area contributed by atoms with Gasteiger partial charge in [0.25, 0.3) is 11.8 Å². The maximum atomic E-state index is 13.6. The normalized spacial score (nSPS) is 14.7. The minimum Gasteiger partial charge on any atom is -0.348 e.